The van der Waals surface area contributed by atoms with Crippen LogP contribution < -0.4 is 5.14 Å². The molecule has 0 saturated carbocycles. The fourth-order valence-electron chi connectivity index (χ4n) is 3.41. The molecule has 1 unspecified atom stereocenters. The van der Waals surface area contributed by atoms with Gasteiger partial charge in [-0.25, -0.2) is 22.3 Å². The summed E-state index contributed by atoms with van der Waals surface area (Å²) in [5, 5.41) is 5.85. The van der Waals surface area contributed by atoms with E-state index in [0.717, 1.165) is 28.4 Å². The van der Waals surface area contributed by atoms with Crippen LogP contribution in [0.4, 0.5) is 8.78 Å². The number of ether oxygens (including phenoxy) is 1. The van der Waals surface area contributed by atoms with Crippen LogP contribution in [0.25, 0.3) is 0 Å². The van der Waals surface area contributed by atoms with E-state index < -0.39 is 26.6 Å². The molecule has 4 rings (SSSR count). The molecule has 0 bridgehead atoms. The first-order valence-corrected chi connectivity index (χ1v) is 11.2. The first-order chi connectivity index (χ1) is 13.3. The molecule has 0 amide bonds. The van der Waals surface area contributed by atoms with Crippen molar-refractivity contribution in [2.24, 2.45) is 10.1 Å². The lowest BCUT2D eigenvalue weighted by Crippen LogP contribution is -2.36. The molecule has 1 aliphatic carbocycles. The van der Waals surface area contributed by atoms with Crippen LogP contribution in [0.1, 0.15) is 5.56 Å². The molecular weight excluding hydrogens is 408 g/mol. The van der Waals surface area contributed by atoms with E-state index in [1.807, 2.05) is 29.4 Å². The topological polar surface area (TPSA) is 85.0 Å². The third-order valence-corrected chi connectivity index (χ3v) is 6.27. The van der Waals surface area contributed by atoms with E-state index in [2.05, 4.69) is 4.99 Å². The minimum atomic E-state index is -4.20. The first kappa shape index (κ1) is 19.2. The molecule has 0 saturated heterocycles. The van der Waals surface area contributed by atoms with Gasteiger partial charge in [-0.3, -0.25) is 4.99 Å². The van der Waals surface area contributed by atoms with Gasteiger partial charge < -0.3 is 9.64 Å². The molecule has 0 aromatic heterocycles. The van der Waals surface area contributed by atoms with Gasteiger partial charge in [-0.05, 0) is 30.5 Å². The highest BCUT2D eigenvalue weighted by molar-refractivity contribution is 8.13. The van der Waals surface area contributed by atoms with Gasteiger partial charge in [-0.15, -0.1) is 11.8 Å². The molecule has 0 fully saturated rings. The Kier molecular flexibility index (Phi) is 4.80. The van der Waals surface area contributed by atoms with Gasteiger partial charge >= 0.3 is 0 Å². The zero-order chi connectivity index (χ0) is 20.1. The lowest BCUT2D eigenvalue weighted by molar-refractivity contribution is 0.134. The Morgan fingerprint density at radius 3 is 2.71 bits per heavy atom. The van der Waals surface area contributed by atoms with Crippen LogP contribution in [-0.2, 0) is 21.3 Å². The van der Waals surface area contributed by atoms with Gasteiger partial charge in [-0.2, -0.15) is 0 Å². The maximum absolute atomic E-state index is 14.5. The molecule has 28 heavy (non-hydrogen) atoms. The fourth-order valence-corrected chi connectivity index (χ4v) is 4.40. The van der Waals surface area contributed by atoms with Crippen molar-refractivity contribution in [1.29, 1.82) is 0 Å². The highest BCUT2D eigenvalue weighted by atomic mass is 32.2. The fraction of sp³-hybridized carbons (Fsp3) is 0.278. The lowest BCUT2D eigenvalue weighted by atomic mass is 9.96. The summed E-state index contributed by atoms with van der Waals surface area (Å²) in [4.78, 5) is 5.83. The normalized spacial score (nSPS) is 21.1. The van der Waals surface area contributed by atoms with Crippen LogP contribution in [0.5, 0.6) is 0 Å². The highest BCUT2D eigenvalue weighted by Gasteiger charge is 2.33. The number of nitrogens with two attached hydrogens (primary N) is 1. The van der Waals surface area contributed by atoms with Crippen molar-refractivity contribution in [2.75, 3.05) is 19.4 Å². The third-order valence-electron chi connectivity index (χ3n) is 4.74. The molecule has 1 atom stereocenters. The lowest BCUT2D eigenvalue weighted by Gasteiger charge is -2.36. The van der Waals surface area contributed by atoms with Crippen molar-refractivity contribution in [2.45, 2.75) is 17.5 Å². The first-order valence-electron chi connectivity index (χ1n) is 8.42. The number of benzene rings is 1. The summed E-state index contributed by atoms with van der Waals surface area (Å²) in [5.74, 6) is -1.28. The number of rotatable bonds is 3. The third kappa shape index (κ3) is 3.36. The predicted molar refractivity (Wildman–Crippen MR) is 103 cm³/mol. The summed E-state index contributed by atoms with van der Waals surface area (Å²) in [6.07, 6.45) is 7.64. The van der Waals surface area contributed by atoms with Gasteiger partial charge in [0, 0.05) is 17.7 Å². The number of allylic oxidation sites excluding steroid dienone is 1. The van der Waals surface area contributed by atoms with E-state index in [0.29, 0.717) is 18.9 Å². The van der Waals surface area contributed by atoms with Crippen LogP contribution in [-0.4, -0.2) is 43.8 Å². The predicted octanol–water partition coefficient (Wildman–Crippen LogP) is 2.30. The van der Waals surface area contributed by atoms with Crippen LogP contribution in [0.15, 0.2) is 57.3 Å². The number of hydrogen-bond acceptors (Lipinski definition) is 6. The number of primary sulfonamides is 1. The minimum absolute atomic E-state index is 0.0722. The second kappa shape index (κ2) is 7.02. The smallest absolute Gasteiger partial charge is 0.238 e. The van der Waals surface area contributed by atoms with Crippen molar-refractivity contribution in [3.63, 3.8) is 0 Å². The molecule has 6 nitrogen and oxygen atoms in total. The number of sulfonamides is 1. The molecule has 0 spiro atoms. The number of fused-ring (bicyclic) bond motifs is 2. The minimum Gasteiger partial charge on any atom is -0.490 e. The maximum atomic E-state index is 14.5. The van der Waals surface area contributed by atoms with Gasteiger partial charge in [0.25, 0.3) is 0 Å². The number of halogens is 2. The molecule has 1 aromatic carbocycles. The van der Waals surface area contributed by atoms with E-state index in [9.17, 15) is 17.2 Å². The van der Waals surface area contributed by atoms with E-state index in [-0.39, 0.29) is 18.2 Å². The van der Waals surface area contributed by atoms with E-state index >= 15 is 0 Å². The van der Waals surface area contributed by atoms with Crippen LogP contribution in [0.3, 0.4) is 0 Å². The molecule has 3 aliphatic rings. The van der Waals surface area contributed by atoms with Crippen molar-refractivity contribution in [3.05, 3.63) is 64.6 Å². The molecule has 2 aliphatic heterocycles. The Labute approximate surface area is 165 Å². The largest absolute Gasteiger partial charge is 0.490 e. The van der Waals surface area contributed by atoms with Crippen LogP contribution in [0, 0.1) is 11.6 Å². The second-order valence-corrected chi connectivity index (χ2v) is 8.86. The van der Waals surface area contributed by atoms with Crippen molar-refractivity contribution < 1.29 is 21.9 Å². The number of thioether (sulfide) groups is 1. The Bertz CT molecular complexity index is 1050. The van der Waals surface area contributed by atoms with Gasteiger partial charge in [0.05, 0.1) is 28.2 Å². The van der Waals surface area contributed by atoms with Crippen molar-refractivity contribution in [1.82, 2.24) is 4.90 Å². The van der Waals surface area contributed by atoms with E-state index in [1.54, 1.807) is 0 Å². The van der Waals surface area contributed by atoms with Gasteiger partial charge in [0.2, 0.25) is 10.0 Å². The SMILES string of the molecule is CSC1=NC2C=CC3=C(C2=C1)N(Cc1c(F)cc(S(N)(=O)=O)cc1F)CCO3. The van der Waals surface area contributed by atoms with Gasteiger partial charge in [0.15, 0.2) is 0 Å². The van der Waals surface area contributed by atoms with E-state index in [4.69, 9.17) is 9.88 Å². The number of hydrogen-bond donors (Lipinski definition) is 1. The van der Waals surface area contributed by atoms with Gasteiger partial charge in [0.1, 0.15) is 24.0 Å². The standard InChI is InChI=1S/C18H17F2N3O3S2/c1-27-17-8-11-15(22-17)2-3-16-18(11)23(4-5-26-16)9-12-13(19)6-10(7-14(12)20)28(21,24)25/h2-3,6-8,15H,4-5,9H2,1H3,(H2,21,24,25). The van der Waals surface area contributed by atoms with Crippen LogP contribution >= 0.6 is 11.8 Å². The zero-order valence-corrected chi connectivity index (χ0v) is 16.5. The Morgan fingerprint density at radius 2 is 2.07 bits per heavy atom. The number of nitrogens with zero attached hydrogens (tertiary/aromatic N) is 2. The summed E-state index contributed by atoms with van der Waals surface area (Å²) in [6.45, 7) is 0.730. The van der Waals surface area contributed by atoms with Crippen molar-refractivity contribution >= 4 is 26.8 Å². The summed E-state index contributed by atoms with van der Waals surface area (Å²) in [7, 11) is -4.20. The maximum Gasteiger partial charge on any atom is 0.238 e. The van der Waals surface area contributed by atoms with E-state index in [1.165, 1.54) is 11.8 Å². The zero-order valence-electron chi connectivity index (χ0n) is 14.9. The summed E-state index contributed by atoms with van der Waals surface area (Å²) >= 11 is 1.52. The highest BCUT2D eigenvalue weighted by Crippen LogP contribution is 2.37. The van der Waals surface area contributed by atoms with Crippen LogP contribution in [0.2, 0.25) is 0 Å². The Hall–Kier alpha value is -2.17. The summed E-state index contributed by atoms with van der Waals surface area (Å²) in [6, 6.07) is 1.35. The molecule has 10 heteroatoms. The average molecular weight is 425 g/mol. The Morgan fingerprint density at radius 1 is 1.36 bits per heavy atom. The number of aliphatic imine (C=N–C) groups is 1. The molecule has 2 heterocycles. The molecule has 0 radical (unpaired) electrons. The second-order valence-electron chi connectivity index (χ2n) is 6.47. The molecule has 148 valence electrons. The summed E-state index contributed by atoms with van der Waals surface area (Å²) < 4.78 is 57.5. The summed E-state index contributed by atoms with van der Waals surface area (Å²) in [5.41, 5.74) is 1.45. The van der Waals surface area contributed by atoms with Crippen molar-refractivity contribution in [3.8, 4) is 0 Å². The Balaban J connectivity index is 1.70. The molecule has 1 aromatic rings. The molecule has 2 N–H and O–H groups in total. The molecular formula is C18H17F2N3O3S2. The van der Waals surface area contributed by atoms with Gasteiger partial charge in [-0.1, -0.05) is 6.08 Å². The average Bonchev–Trinajstić information content (AvgIpc) is 3.07. The quantitative estimate of drug-likeness (QED) is 0.803. The monoisotopic (exact) mass is 425 g/mol.